The van der Waals surface area contributed by atoms with E-state index in [0.717, 1.165) is 37.9 Å². The van der Waals surface area contributed by atoms with Gasteiger partial charge in [-0.3, -0.25) is 4.79 Å². The Hall–Kier alpha value is -2.24. The zero-order valence-electron chi connectivity index (χ0n) is 18.4. The van der Waals surface area contributed by atoms with Crippen LogP contribution in [-0.4, -0.2) is 36.8 Å². The van der Waals surface area contributed by atoms with Gasteiger partial charge >= 0.3 is 6.09 Å². The summed E-state index contributed by atoms with van der Waals surface area (Å²) in [4.78, 5) is 24.5. The minimum Gasteiger partial charge on any atom is -0.497 e. The highest BCUT2D eigenvalue weighted by molar-refractivity contribution is 5.76. The molecule has 1 saturated carbocycles. The van der Waals surface area contributed by atoms with Gasteiger partial charge in [-0.25, -0.2) is 4.79 Å². The molecule has 0 saturated heterocycles. The number of aryl methyl sites for hydroxylation is 1. The van der Waals surface area contributed by atoms with Gasteiger partial charge < -0.3 is 20.1 Å². The van der Waals surface area contributed by atoms with Crippen LogP contribution in [0.1, 0.15) is 65.4 Å². The molecule has 6 nitrogen and oxygen atoms in total. The molecule has 1 aromatic rings. The lowest BCUT2D eigenvalue weighted by molar-refractivity contribution is -0.122. The van der Waals surface area contributed by atoms with Crippen molar-refractivity contribution in [2.24, 2.45) is 5.92 Å². The third kappa shape index (κ3) is 8.34. The molecule has 0 aromatic heterocycles. The molecule has 1 fully saturated rings. The van der Waals surface area contributed by atoms with Crippen molar-refractivity contribution in [2.75, 3.05) is 7.11 Å². The van der Waals surface area contributed by atoms with Gasteiger partial charge in [0.15, 0.2) is 0 Å². The molecular weight excluding hydrogens is 368 g/mol. The fourth-order valence-corrected chi connectivity index (χ4v) is 3.75. The lowest BCUT2D eigenvalue weighted by Crippen LogP contribution is -2.42. The smallest absolute Gasteiger partial charge is 0.407 e. The number of hydrogen-bond acceptors (Lipinski definition) is 4. The molecule has 2 amide bonds. The molecule has 1 aliphatic rings. The predicted molar refractivity (Wildman–Crippen MR) is 114 cm³/mol. The minimum absolute atomic E-state index is 0.00482. The second-order valence-corrected chi connectivity index (χ2v) is 9.00. The summed E-state index contributed by atoms with van der Waals surface area (Å²) in [7, 11) is 1.66. The molecule has 0 spiro atoms. The van der Waals surface area contributed by atoms with E-state index in [-0.39, 0.29) is 23.9 Å². The van der Waals surface area contributed by atoms with Crippen LogP contribution in [0.2, 0.25) is 0 Å². The Labute approximate surface area is 174 Å². The number of ether oxygens (including phenoxy) is 2. The first-order valence-electron chi connectivity index (χ1n) is 10.6. The number of hydrogen-bond donors (Lipinski definition) is 2. The van der Waals surface area contributed by atoms with Crippen molar-refractivity contribution in [3.63, 3.8) is 0 Å². The van der Waals surface area contributed by atoms with Gasteiger partial charge in [-0.05, 0) is 77.0 Å². The van der Waals surface area contributed by atoms with Crippen molar-refractivity contribution in [1.82, 2.24) is 10.6 Å². The van der Waals surface area contributed by atoms with Crippen molar-refractivity contribution in [3.8, 4) is 5.75 Å². The molecule has 0 heterocycles. The van der Waals surface area contributed by atoms with Gasteiger partial charge in [0.2, 0.25) is 5.91 Å². The topological polar surface area (TPSA) is 76.7 Å². The van der Waals surface area contributed by atoms with Crippen LogP contribution in [0.3, 0.4) is 0 Å². The maximum atomic E-state index is 12.5. The third-order valence-electron chi connectivity index (χ3n) is 5.24. The molecule has 3 atom stereocenters. The van der Waals surface area contributed by atoms with Gasteiger partial charge in [-0.2, -0.15) is 0 Å². The molecule has 0 radical (unpaired) electrons. The Bertz CT molecular complexity index is 666. The maximum absolute atomic E-state index is 12.5. The van der Waals surface area contributed by atoms with Crippen LogP contribution in [0.25, 0.3) is 0 Å². The molecule has 1 aliphatic carbocycles. The first kappa shape index (κ1) is 23.0. The van der Waals surface area contributed by atoms with E-state index in [1.54, 1.807) is 7.11 Å². The average molecular weight is 405 g/mol. The maximum Gasteiger partial charge on any atom is 0.407 e. The van der Waals surface area contributed by atoms with E-state index in [9.17, 15) is 9.59 Å². The van der Waals surface area contributed by atoms with Crippen LogP contribution in [-0.2, 0) is 16.0 Å². The Morgan fingerprint density at radius 1 is 1.17 bits per heavy atom. The summed E-state index contributed by atoms with van der Waals surface area (Å²) >= 11 is 0. The highest BCUT2D eigenvalue weighted by Gasteiger charge is 2.31. The summed E-state index contributed by atoms with van der Waals surface area (Å²) in [6, 6.07) is 8.12. The number of carbonyl (C=O) groups excluding carboxylic acids is 2. The fourth-order valence-electron chi connectivity index (χ4n) is 3.75. The molecule has 162 valence electrons. The molecule has 0 unspecified atom stereocenters. The summed E-state index contributed by atoms with van der Waals surface area (Å²) in [5.41, 5.74) is 0.707. The molecule has 29 heavy (non-hydrogen) atoms. The molecule has 0 aliphatic heterocycles. The van der Waals surface area contributed by atoms with Crippen LogP contribution in [0.15, 0.2) is 24.3 Å². The van der Waals surface area contributed by atoms with Crippen molar-refractivity contribution in [3.05, 3.63) is 29.8 Å². The summed E-state index contributed by atoms with van der Waals surface area (Å²) in [6.45, 7) is 7.57. The van der Waals surface area contributed by atoms with E-state index in [1.165, 1.54) is 5.56 Å². The summed E-state index contributed by atoms with van der Waals surface area (Å²) < 4.78 is 10.5. The van der Waals surface area contributed by atoms with E-state index in [1.807, 2.05) is 39.8 Å². The Morgan fingerprint density at radius 2 is 1.86 bits per heavy atom. The van der Waals surface area contributed by atoms with Crippen LogP contribution < -0.4 is 15.4 Å². The second-order valence-electron chi connectivity index (χ2n) is 9.00. The highest BCUT2D eigenvalue weighted by Crippen LogP contribution is 2.29. The average Bonchev–Trinajstić information content (AvgIpc) is 3.05. The van der Waals surface area contributed by atoms with Crippen LogP contribution in [0.4, 0.5) is 4.79 Å². The van der Waals surface area contributed by atoms with Crippen LogP contribution in [0.5, 0.6) is 5.75 Å². The number of nitrogens with one attached hydrogen (secondary N) is 2. The molecular formula is C23H36N2O4. The quantitative estimate of drug-likeness (QED) is 0.680. The lowest BCUT2D eigenvalue weighted by Gasteiger charge is -2.25. The van der Waals surface area contributed by atoms with Gasteiger partial charge in [-0.1, -0.05) is 18.6 Å². The Morgan fingerprint density at radius 3 is 2.48 bits per heavy atom. The molecule has 2 rings (SSSR count). The van der Waals surface area contributed by atoms with Crippen LogP contribution >= 0.6 is 0 Å². The Balaban J connectivity index is 1.74. The summed E-state index contributed by atoms with van der Waals surface area (Å²) in [6.07, 6.45) is 4.68. The number of carbonyl (C=O) groups is 2. The van der Waals surface area contributed by atoms with Gasteiger partial charge in [0.1, 0.15) is 11.4 Å². The minimum atomic E-state index is -0.519. The number of amides is 2. The van der Waals surface area contributed by atoms with Crippen molar-refractivity contribution in [1.29, 1.82) is 0 Å². The van der Waals surface area contributed by atoms with Gasteiger partial charge in [0, 0.05) is 18.5 Å². The predicted octanol–water partition coefficient (Wildman–Crippen LogP) is 4.22. The number of benzene rings is 1. The molecule has 6 heteroatoms. The third-order valence-corrected chi connectivity index (χ3v) is 5.24. The molecule has 1 aromatic carbocycles. The van der Waals surface area contributed by atoms with Crippen molar-refractivity contribution < 1.29 is 19.1 Å². The van der Waals surface area contributed by atoms with E-state index in [2.05, 4.69) is 22.8 Å². The van der Waals surface area contributed by atoms with Crippen LogP contribution in [0, 0.1) is 5.92 Å². The van der Waals surface area contributed by atoms with Gasteiger partial charge in [-0.15, -0.1) is 0 Å². The largest absolute Gasteiger partial charge is 0.497 e. The van der Waals surface area contributed by atoms with E-state index < -0.39 is 11.7 Å². The molecule has 0 bridgehead atoms. The SMILES string of the molecule is COc1ccc(CC[C@H](C)NC(=O)C[C@@H]2CCC[C@H]2NC(=O)OC(C)(C)C)cc1. The summed E-state index contributed by atoms with van der Waals surface area (Å²) in [5, 5.41) is 6.05. The number of methoxy groups -OCH3 is 1. The first-order valence-corrected chi connectivity index (χ1v) is 10.6. The Kier molecular flexibility index (Phi) is 8.35. The van der Waals surface area contributed by atoms with Crippen molar-refractivity contribution in [2.45, 2.75) is 83.9 Å². The van der Waals surface area contributed by atoms with Gasteiger partial charge in [0.25, 0.3) is 0 Å². The first-order chi connectivity index (χ1) is 13.7. The normalized spacial score (nSPS) is 20.0. The van der Waals surface area contributed by atoms with E-state index >= 15 is 0 Å². The monoisotopic (exact) mass is 404 g/mol. The number of rotatable bonds is 8. The highest BCUT2D eigenvalue weighted by atomic mass is 16.6. The lowest BCUT2D eigenvalue weighted by atomic mass is 9.98. The molecule has 2 N–H and O–H groups in total. The van der Waals surface area contributed by atoms with Gasteiger partial charge in [0.05, 0.1) is 7.11 Å². The zero-order valence-corrected chi connectivity index (χ0v) is 18.4. The fraction of sp³-hybridized carbons (Fsp3) is 0.652. The van der Waals surface area contributed by atoms with E-state index in [0.29, 0.717) is 6.42 Å². The summed E-state index contributed by atoms with van der Waals surface area (Å²) in [5.74, 6) is 1.06. The van der Waals surface area contributed by atoms with Crippen molar-refractivity contribution >= 4 is 12.0 Å². The zero-order chi connectivity index (χ0) is 21.4. The van der Waals surface area contributed by atoms with E-state index in [4.69, 9.17) is 9.47 Å². The second kappa shape index (κ2) is 10.5. The number of alkyl carbamates (subject to hydrolysis) is 1. The standard InChI is InChI=1S/C23H36N2O4/c1-16(9-10-17-11-13-19(28-5)14-12-17)24-21(26)15-18-7-6-8-20(18)25-22(27)29-23(2,3)4/h11-14,16,18,20H,6-10,15H2,1-5H3,(H,24,26)(H,25,27)/t16-,18-,20+/m0/s1.